The minimum Gasteiger partial charge on any atom is -0.384 e. The molecule has 6 nitrogen and oxygen atoms in total. The summed E-state index contributed by atoms with van der Waals surface area (Å²) in [7, 11) is 2.07. The monoisotopic (exact) mass is 316 g/mol. The molecule has 1 aliphatic heterocycles. The number of carbonyl (C=O) groups excluding carboxylic acids is 1. The highest BCUT2D eigenvalue weighted by molar-refractivity contribution is 5.89. The largest absolute Gasteiger partial charge is 0.384 e. The highest BCUT2D eigenvalue weighted by atomic mass is 16.3. The van der Waals surface area contributed by atoms with Gasteiger partial charge >= 0.3 is 0 Å². The van der Waals surface area contributed by atoms with Crippen LogP contribution in [-0.4, -0.2) is 58.2 Å². The summed E-state index contributed by atoms with van der Waals surface area (Å²) in [6, 6.07) is 4.26. The summed E-state index contributed by atoms with van der Waals surface area (Å²) in [5.41, 5.74) is 1.98. The third kappa shape index (κ3) is 2.91. The van der Waals surface area contributed by atoms with Crippen molar-refractivity contribution in [2.45, 2.75) is 32.4 Å². The summed E-state index contributed by atoms with van der Waals surface area (Å²) in [4.78, 5) is 23.6. The number of rotatable bonds is 3. The molecule has 1 aliphatic rings. The van der Waals surface area contributed by atoms with Crippen LogP contribution in [0.15, 0.2) is 24.5 Å². The maximum absolute atomic E-state index is 12.1. The van der Waals surface area contributed by atoms with Crippen molar-refractivity contribution >= 4 is 22.6 Å². The summed E-state index contributed by atoms with van der Waals surface area (Å²) >= 11 is 0. The van der Waals surface area contributed by atoms with E-state index in [9.17, 15) is 9.90 Å². The molecule has 6 heteroatoms. The molecule has 0 spiro atoms. The van der Waals surface area contributed by atoms with E-state index in [2.05, 4.69) is 28.8 Å². The van der Waals surface area contributed by atoms with Gasteiger partial charge in [0.25, 0.3) is 5.91 Å². The van der Waals surface area contributed by atoms with E-state index in [0.717, 1.165) is 23.1 Å². The van der Waals surface area contributed by atoms with E-state index in [1.54, 1.807) is 11.1 Å². The standard InChI is InChI=1S/C17H24N4O2/c1-11-6-9-21(17(23)12(2)22)10-15(11)20(3)14-5-8-19-16-13(14)4-7-18-16/h4-5,7-8,11-12,15,22H,6,9-10H2,1-3H3,(H,18,19)/t11-,12+,15+/m1/s1. The first-order valence-electron chi connectivity index (χ1n) is 8.11. The highest BCUT2D eigenvalue weighted by Gasteiger charge is 2.33. The Balaban J connectivity index is 1.86. The van der Waals surface area contributed by atoms with Gasteiger partial charge in [0.15, 0.2) is 0 Å². The molecule has 0 bridgehead atoms. The van der Waals surface area contributed by atoms with Gasteiger partial charge in [0.1, 0.15) is 11.8 Å². The smallest absolute Gasteiger partial charge is 0.251 e. The number of aliphatic hydroxyl groups excluding tert-OH is 1. The van der Waals surface area contributed by atoms with Crippen LogP contribution in [0.2, 0.25) is 0 Å². The molecule has 1 fully saturated rings. The van der Waals surface area contributed by atoms with Crippen molar-refractivity contribution in [3.8, 4) is 0 Å². The van der Waals surface area contributed by atoms with Gasteiger partial charge in [0, 0.05) is 49.6 Å². The number of aliphatic hydroxyl groups is 1. The molecule has 1 amide bonds. The van der Waals surface area contributed by atoms with Gasteiger partial charge in [-0.25, -0.2) is 4.98 Å². The topological polar surface area (TPSA) is 72.5 Å². The zero-order valence-electron chi connectivity index (χ0n) is 13.9. The van der Waals surface area contributed by atoms with Crippen LogP contribution in [0.1, 0.15) is 20.3 Å². The lowest BCUT2D eigenvalue weighted by Gasteiger charge is -2.43. The van der Waals surface area contributed by atoms with Crippen LogP contribution in [0.4, 0.5) is 5.69 Å². The highest BCUT2D eigenvalue weighted by Crippen LogP contribution is 2.30. The molecule has 2 N–H and O–H groups in total. The molecule has 1 saturated heterocycles. The van der Waals surface area contributed by atoms with E-state index < -0.39 is 6.10 Å². The normalized spacial score (nSPS) is 23.0. The number of anilines is 1. The quantitative estimate of drug-likeness (QED) is 0.902. The molecule has 124 valence electrons. The van der Waals surface area contributed by atoms with Gasteiger partial charge in [0.2, 0.25) is 0 Å². The predicted octanol–water partition coefficient (Wildman–Crippen LogP) is 1.62. The van der Waals surface area contributed by atoms with Gasteiger partial charge in [0.05, 0.1) is 0 Å². The molecule has 0 unspecified atom stereocenters. The minimum atomic E-state index is -0.938. The molecule has 23 heavy (non-hydrogen) atoms. The first-order valence-corrected chi connectivity index (χ1v) is 8.11. The zero-order chi connectivity index (χ0) is 16.6. The van der Waals surface area contributed by atoms with Crippen molar-refractivity contribution < 1.29 is 9.90 Å². The van der Waals surface area contributed by atoms with Crippen LogP contribution in [0.25, 0.3) is 11.0 Å². The molecule has 0 radical (unpaired) electrons. The Morgan fingerprint density at radius 3 is 3.04 bits per heavy atom. The molecule has 2 aromatic rings. The number of piperidine rings is 1. The maximum Gasteiger partial charge on any atom is 0.251 e. The van der Waals surface area contributed by atoms with Crippen LogP contribution in [-0.2, 0) is 4.79 Å². The van der Waals surface area contributed by atoms with Crippen molar-refractivity contribution in [3.05, 3.63) is 24.5 Å². The van der Waals surface area contributed by atoms with E-state index in [0.29, 0.717) is 19.0 Å². The second kappa shape index (κ2) is 6.20. The lowest BCUT2D eigenvalue weighted by Crippen LogP contribution is -2.54. The Morgan fingerprint density at radius 1 is 1.52 bits per heavy atom. The van der Waals surface area contributed by atoms with Crippen LogP contribution < -0.4 is 4.90 Å². The number of pyridine rings is 1. The van der Waals surface area contributed by atoms with Crippen molar-refractivity contribution in [1.82, 2.24) is 14.9 Å². The summed E-state index contributed by atoms with van der Waals surface area (Å²) in [6.45, 7) is 5.10. The first kappa shape index (κ1) is 15.8. The lowest BCUT2D eigenvalue weighted by atomic mass is 9.91. The average molecular weight is 316 g/mol. The molecule has 3 atom stereocenters. The number of H-pyrrole nitrogens is 1. The van der Waals surface area contributed by atoms with Gasteiger partial charge in [-0.3, -0.25) is 4.79 Å². The summed E-state index contributed by atoms with van der Waals surface area (Å²) in [6.07, 6.45) is 3.69. The average Bonchev–Trinajstić information content (AvgIpc) is 3.02. The third-order valence-corrected chi connectivity index (χ3v) is 4.90. The number of hydrogen-bond acceptors (Lipinski definition) is 4. The minimum absolute atomic E-state index is 0.184. The van der Waals surface area contributed by atoms with Crippen LogP contribution >= 0.6 is 0 Å². The van der Waals surface area contributed by atoms with Crippen molar-refractivity contribution in [2.24, 2.45) is 5.92 Å². The number of nitrogens with one attached hydrogen (secondary N) is 1. The van der Waals surface area contributed by atoms with Crippen LogP contribution in [0.5, 0.6) is 0 Å². The number of fused-ring (bicyclic) bond motifs is 1. The van der Waals surface area contributed by atoms with E-state index in [4.69, 9.17) is 0 Å². The van der Waals surface area contributed by atoms with Gasteiger partial charge < -0.3 is 19.9 Å². The van der Waals surface area contributed by atoms with Gasteiger partial charge in [-0.1, -0.05) is 6.92 Å². The summed E-state index contributed by atoms with van der Waals surface area (Å²) in [5.74, 6) is 0.289. The Labute approximate surface area is 136 Å². The Bertz CT molecular complexity index is 697. The SMILES string of the molecule is C[C@H](O)C(=O)N1CC[C@@H](C)[C@@H](N(C)c2ccnc3[nH]ccc23)C1. The lowest BCUT2D eigenvalue weighted by molar-refractivity contribution is -0.140. The second-order valence-corrected chi connectivity index (χ2v) is 6.47. The van der Waals surface area contributed by atoms with Gasteiger partial charge in [-0.2, -0.15) is 0 Å². The molecule has 2 aromatic heterocycles. The van der Waals surface area contributed by atoms with Crippen molar-refractivity contribution in [2.75, 3.05) is 25.0 Å². The van der Waals surface area contributed by atoms with Gasteiger partial charge in [-0.15, -0.1) is 0 Å². The number of aromatic amines is 1. The van der Waals surface area contributed by atoms with E-state index in [1.807, 2.05) is 18.3 Å². The van der Waals surface area contributed by atoms with Crippen LogP contribution in [0, 0.1) is 5.92 Å². The van der Waals surface area contributed by atoms with Gasteiger partial charge in [-0.05, 0) is 31.4 Å². The van der Waals surface area contributed by atoms with Crippen molar-refractivity contribution in [3.63, 3.8) is 0 Å². The number of carbonyl (C=O) groups is 1. The number of likely N-dealkylation sites (tertiary alicyclic amines) is 1. The second-order valence-electron chi connectivity index (χ2n) is 6.47. The van der Waals surface area contributed by atoms with Crippen molar-refractivity contribution in [1.29, 1.82) is 0 Å². The molecule has 0 aliphatic carbocycles. The summed E-state index contributed by atoms with van der Waals surface area (Å²) in [5, 5.41) is 10.7. The zero-order valence-corrected chi connectivity index (χ0v) is 13.9. The molecular weight excluding hydrogens is 292 g/mol. The van der Waals surface area contributed by atoms with Crippen LogP contribution in [0.3, 0.4) is 0 Å². The third-order valence-electron chi connectivity index (χ3n) is 4.90. The Morgan fingerprint density at radius 2 is 2.30 bits per heavy atom. The number of aromatic nitrogens is 2. The van der Waals surface area contributed by atoms with E-state index in [1.165, 1.54) is 6.92 Å². The molecular formula is C17H24N4O2. The Hall–Kier alpha value is -2.08. The molecule has 0 saturated carbocycles. The number of likely N-dealkylation sites (N-methyl/N-ethyl adjacent to an activating group) is 1. The van der Waals surface area contributed by atoms with E-state index >= 15 is 0 Å². The fourth-order valence-corrected chi connectivity index (χ4v) is 3.45. The number of nitrogens with zero attached hydrogens (tertiary/aromatic N) is 3. The maximum atomic E-state index is 12.1. The van der Waals surface area contributed by atoms with E-state index in [-0.39, 0.29) is 11.9 Å². The fraction of sp³-hybridized carbons (Fsp3) is 0.529. The molecule has 3 heterocycles. The predicted molar refractivity (Wildman–Crippen MR) is 90.3 cm³/mol. The first-order chi connectivity index (χ1) is 11.0. The Kier molecular flexibility index (Phi) is 4.26. The number of hydrogen-bond donors (Lipinski definition) is 2. The number of amides is 1. The molecule has 3 rings (SSSR count). The molecule has 0 aromatic carbocycles. The fourth-order valence-electron chi connectivity index (χ4n) is 3.45. The summed E-state index contributed by atoms with van der Waals surface area (Å²) < 4.78 is 0.